The van der Waals surface area contributed by atoms with E-state index < -0.39 is 9.84 Å². The number of aromatic amines is 1. The van der Waals surface area contributed by atoms with Crippen molar-refractivity contribution < 1.29 is 8.42 Å². The summed E-state index contributed by atoms with van der Waals surface area (Å²) in [6, 6.07) is 9.20. The maximum absolute atomic E-state index is 12.5. The second-order valence-corrected chi connectivity index (χ2v) is 10.6. The summed E-state index contributed by atoms with van der Waals surface area (Å²) in [5.41, 5.74) is 4.42. The van der Waals surface area contributed by atoms with Gasteiger partial charge in [0.15, 0.2) is 9.84 Å². The van der Waals surface area contributed by atoms with Gasteiger partial charge in [-0.05, 0) is 63.3 Å². The van der Waals surface area contributed by atoms with Gasteiger partial charge in [-0.3, -0.25) is 0 Å². The first-order valence-corrected chi connectivity index (χ1v) is 12.4. The van der Waals surface area contributed by atoms with Gasteiger partial charge < -0.3 is 15.2 Å². The molecule has 4 rings (SSSR count). The third-order valence-electron chi connectivity index (χ3n) is 5.57. The number of nitrogens with one attached hydrogen (secondary N) is 2. The van der Waals surface area contributed by atoms with Crippen molar-refractivity contribution in [3.8, 4) is 11.1 Å². The van der Waals surface area contributed by atoms with Crippen molar-refractivity contribution in [1.29, 1.82) is 0 Å². The van der Waals surface area contributed by atoms with E-state index in [1.165, 1.54) is 0 Å². The highest BCUT2D eigenvalue weighted by Crippen LogP contribution is 2.37. The van der Waals surface area contributed by atoms with Crippen molar-refractivity contribution in [2.45, 2.75) is 25.2 Å². The molecule has 32 heavy (non-hydrogen) atoms. The summed E-state index contributed by atoms with van der Waals surface area (Å²) in [5, 5.41) is 5.44. The van der Waals surface area contributed by atoms with Crippen LogP contribution in [0.4, 0.5) is 5.82 Å². The molecule has 0 saturated carbocycles. The van der Waals surface area contributed by atoms with Gasteiger partial charge in [-0.25, -0.2) is 18.4 Å². The summed E-state index contributed by atoms with van der Waals surface area (Å²) in [7, 11) is 0.814. The van der Waals surface area contributed by atoms with Gasteiger partial charge in [0.2, 0.25) is 0 Å². The Morgan fingerprint density at radius 1 is 1.12 bits per heavy atom. The van der Waals surface area contributed by atoms with E-state index in [-0.39, 0.29) is 5.75 Å². The lowest BCUT2D eigenvalue weighted by atomic mass is 10.0. The van der Waals surface area contributed by atoms with Crippen molar-refractivity contribution in [2.24, 2.45) is 0 Å². The third-order valence-corrected chi connectivity index (χ3v) is 7.31. The number of aromatic nitrogens is 3. The molecule has 0 saturated heterocycles. The normalized spacial score (nSPS) is 12.2. The van der Waals surface area contributed by atoms with Gasteiger partial charge in [0.05, 0.1) is 16.2 Å². The van der Waals surface area contributed by atoms with E-state index in [0.717, 1.165) is 64.0 Å². The Hall–Kier alpha value is -2.97. The van der Waals surface area contributed by atoms with Crippen LogP contribution in [-0.4, -0.2) is 61.2 Å². The molecule has 1 aromatic carbocycles. The number of sulfone groups is 1. The second-order valence-electron chi connectivity index (χ2n) is 8.32. The van der Waals surface area contributed by atoms with Crippen molar-refractivity contribution in [3.05, 3.63) is 48.3 Å². The predicted molar refractivity (Wildman–Crippen MR) is 131 cm³/mol. The number of anilines is 1. The van der Waals surface area contributed by atoms with Crippen molar-refractivity contribution >= 4 is 37.6 Å². The maximum atomic E-state index is 12.5. The Morgan fingerprint density at radius 2 is 1.94 bits per heavy atom. The lowest BCUT2D eigenvalue weighted by molar-refractivity contribution is 0.405. The largest absolute Gasteiger partial charge is 0.368 e. The first kappa shape index (κ1) is 22.2. The Balaban J connectivity index is 1.87. The molecule has 0 unspecified atom stereocenters. The van der Waals surface area contributed by atoms with Gasteiger partial charge >= 0.3 is 0 Å². The summed E-state index contributed by atoms with van der Waals surface area (Å²) in [4.78, 5) is 15.2. The molecule has 3 heterocycles. The zero-order chi connectivity index (χ0) is 22.9. The fourth-order valence-corrected chi connectivity index (χ4v) is 4.80. The Bertz CT molecular complexity index is 1380. The molecule has 0 bridgehead atoms. The van der Waals surface area contributed by atoms with E-state index in [9.17, 15) is 8.42 Å². The molecule has 8 heteroatoms. The number of benzene rings is 1. The van der Waals surface area contributed by atoms with Crippen LogP contribution in [0.1, 0.15) is 18.9 Å². The number of rotatable bonds is 8. The molecule has 0 fully saturated rings. The molecule has 0 amide bonds. The third kappa shape index (κ3) is 4.33. The van der Waals surface area contributed by atoms with Gasteiger partial charge in [0.25, 0.3) is 0 Å². The number of hydrogen-bond donors (Lipinski definition) is 2. The molecule has 0 radical (unpaired) electrons. The predicted octanol–water partition coefficient (Wildman–Crippen LogP) is 4.24. The first-order valence-electron chi connectivity index (χ1n) is 10.8. The quantitative estimate of drug-likeness (QED) is 0.389. The summed E-state index contributed by atoms with van der Waals surface area (Å²) < 4.78 is 24.9. The van der Waals surface area contributed by atoms with Crippen molar-refractivity contribution in [3.63, 3.8) is 0 Å². The molecule has 7 nitrogen and oxygen atoms in total. The molecule has 168 valence electrons. The number of H-pyrrole nitrogens is 1. The topological polar surface area (TPSA) is 91.0 Å². The molecule has 0 aliphatic rings. The van der Waals surface area contributed by atoms with E-state index in [1.807, 2.05) is 25.4 Å². The average Bonchev–Trinajstić information content (AvgIpc) is 3.15. The Kier molecular flexibility index (Phi) is 6.17. The minimum absolute atomic E-state index is 0.0656. The van der Waals surface area contributed by atoms with E-state index >= 15 is 0 Å². The SMILES string of the molecule is CCS(=O)(=O)c1cccc(-c2cnc(NCCCN(C)C)c3[nH]c4ncc(C)cc4c23)c1. The number of aryl methyl sites for hydroxylation is 1. The Morgan fingerprint density at radius 3 is 2.69 bits per heavy atom. The number of nitrogens with zero attached hydrogens (tertiary/aromatic N) is 3. The summed E-state index contributed by atoms with van der Waals surface area (Å²) in [6.07, 6.45) is 4.65. The van der Waals surface area contributed by atoms with Gasteiger partial charge in [0.1, 0.15) is 11.5 Å². The van der Waals surface area contributed by atoms with Crippen LogP contribution in [0.2, 0.25) is 0 Å². The van der Waals surface area contributed by atoms with E-state index in [2.05, 4.69) is 40.3 Å². The van der Waals surface area contributed by atoms with Crippen LogP contribution < -0.4 is 5.32 Å². The van der Waals surface area contributed by atoms with Crippen LogP contribution in [0.3, 0.4) is 0 Å². The zero-order valence-corrected chi connectivity index (χ0v) is 19.8. The van der Waals surface area contributed by atoms with E-state index in [0.29, 0.717) is 4.90 Å². The minimum Gasteiger partial charge on any atom is -0.368 e. The number of hydrogen-bond acceptors (Lipinski definition) is 6. The lowest BCUT2D eigenvalue weighted by Crippen LogP contribution is -2.16. The summed E-state index contributed by atoms with van der Waals surface area (Å²) in [5.74, 6) is 0.839. The van der Waals surface area contributed by atoms with Crippen LogP contribution >= 0.6 is 0 Å². The van der Waals surface area contributed by atoms with Gasteiger partial charge in [-0.2, -0.15) is 0 Å². The highest BCUT2D eigenvalue weighted by molar-refractivity contribution is 7.91. The summed E-state index contributed by atoms with van der Waals surface area (Å²) >= 11 is 0. The number of pyridine rings is 2. The number of fused-ring (bicyclic) bond motifs is 3. The molecule has 0 atom stereocenters. The molecule has 3 aromatic heterocycles. The first-order chi connectivity index (χ1) is 15.3. The van der Waals surface area contributed by atoms with Gasteiger partial charge in [-0.1, -0.05) is 19.1 Å². The minimum atomic E-state index is -3.30. The monoisotopic (exact) mass is 451 g/mol. The van der Waals surface area contributed by atoms with E-state index in [4.69, 9.17) is 4.98 Å². The molecular formula is C24H29N5O2S. The fourth-order valence-electron chi connectivity index (χ4n) is 3.87. The lowest BCUT2D eigenvalue weighted by Gasteiger charge is -2.12. The molecule has 4 aromatic rings. The van der Waals surface area contributed by atoms with Gasteiger partial charge in [-0.15, -0.1) is 0 Å². The molecule has 0 aliphatic carbocycles. The highest BCUT2D eigenvalue weighted by atomic mass is 32.2. The van der Waals surface area contributed by atoms with Crippen LogP contribution in [0, 0.1) is 6.92 Å². The van der Waals surface area contributed by atoms with Crippen LogP contribution in [0.5, 0.6) is 0 Å². The van der Waals surface area contributed by atoms with Crippen LogP contribution in [-0.2, 0) is 9.84 Å². The molecular weight excluding hydrogens is 422 g/mol. The van der Waals surface area contributed by atoms with Crippen LogP contribution in [0.25, 0.3) is 33.1 Å². The van der Waals surface area contributed by atoms with Crippen molar-refractivity contribution in [2.75, 3.05) is 38.3 Å². The van der Waals surface area contributed by atoms with Gasteiger partial charge in [0, 0.05) is 35.3 Å². The van der Waals surface area contributed by atoms with Crippen LogP contribution in [0.15, 0.2) is 47.6 Å². The molecule has 0 aliphatic heterocycles. The van der Waals surface area contributed by atoms with E-state index in [1.54, 1.807) is 25.1 Å². The molecule has 2 N–H and O–H groups in total. The zero-order valence-electron chi connectivity index (χ0n) is 18.9. The average molecular weight is 452 g/mol. The highest BCUT2D eigenvalue weighted by Gasteiger charge is 2.18. The summed E-state index contributed by atoms with van der Waals surface area (Å²) in [6.45, 7) is 5.46. The van der Waals surface area contributed by atoms with Crippen molar-refractivity contribution in [1.82, 2.24) is 19.9 Å². The fraction of sp³-hybridized carbons (Fsp3) is 0.333. The Labute approximate surface area is 188 Å². The standard InChI is InChI=1S/C24H29N5O2S/c1-5-32(30,31)18-9-6-8-17(13-18)20-15-27-24(25-10-7-11-29(3)4)22-21(20)19-12-16(2)14-26-23(19)28-22/h6,8-9,12-15H,5,7,10-11H2,1-4H3,(H,25,27)(H,26,28). The molecule has 0 spiro atoms. The maximum Gasteiger partial charge on any atom is 0.178 e. The smallest absolute Gasteiger partial charge is 0.178 e. The second kappa shape index (κ2) is 8.88.